The summed E-state index contributed by atoms with van der Waals surface area (Å²) in [4.78, 5) is 18.0. The first-order valence-corrected chi connectivity index (χ1v) is 5.39. The van der Waals surface area contributed by atoms with Gasteiger partial charge in [-0.3, -0.25) is 9.78 Å². The van der Waals surface area contributed by atoms with Crippen LogP contribution in [0.4, 0.5) is 0 Å². The van der Waals surface area contributed by atoms with E-state index in [1.807, 2.05) is 44.1 Å². The molecule has 0 saturated heterocycles. The molecule has 0 spiro atoms. The number of hydrogen-bond acceptors (Lipinski definition) is 3. The predicted octanol–water partition coefficient (Wildman–Crippen LogP) is 0.776. The smallest absolute Gasteiger partial charge is 0.230 e. The predicted molar refractivity (Wildman–Crippen MR) is 64.0 cm³/mol. The molecule has 4 nitrogen and oxygen atoms in total. The van der Waals surface area contributed by atoms with E-state index >= 15 is 0 Å². The maximum atomic E-state index is 11.7. The van der Waals surface area contributed by atoms with Crippen molar-refractivity contribution in [2.75, 3.05) is 20.6 Å². The molecule has 0 fully saturated rings. The van der Waals surface area contributed by atoms with Gasteiger partial charge in [0.25, 0.3) is 0 Å². The molecule has 2 N–H and O–H groups in total. The highest BCUT2D eigenvalue weighted by atomic mass is 16.1. The van der Waals surface area contributed by atoms with E-state index in [9.17, 15) is 4.79 Å². The summed E-state index contributed by atoms with van der Waals surface area (Å²) >= 11 is 0. The van der Waals surface area contributed by atoms with Gasteiger partial charge in [0.05, 0.1) is 5.69 Å². The first-order chi connectivity index (χ1) is 7.53. The molecule has 0 radical (unpaired) electrons. The van der Waals surface area contributed by atoms with Crippen LogP contribution in [0, 0.1) is 0 Å². The summed E-state index contributed by atoms with van der Waals surface area (Å²) in [6, 6.07) is 5.57. The summed E-state index contributed by atoms with van der Waals surface area (Å²) in [6.07, 6.45) is 2.34. The minimum atomic E-state index is -0.690. The number of primary amides is 1. The van der Waals surface area contributed by atoms with E-state index in [1.54, 1.807) is 6.20 Å². The Bertz CT molecular complexity index is 351. The molecule has 1 unspecified atom stereocenters. The van der Waals surface area contributed by atoms with Crippen LogP contribution in [0.5, 0.6) is 0 Å². The third kappa shape index (κ3) is 2.39. The van der Waals surface area contributed by atoms with Crippen molar-refractivity contribution in [1.29, 1.82) is 0 Å². The number of likely N-dealkylation sites (N-methyl/N-ethyl adjacent to an activating group) is 1. The van der Waals surface area contributed by atoms with Gasteiger partial charge in [-0.2, -0.15) is 0 Å². The molecule has 0 aromatic carbocycles. The van der Waals surface area contributed by atoms with Crippen molar-refractivity contribution in [3.63, 3.8) is 0 Å². The molecule has 16 heavy (non-hydrogen) atoms. The number of nitrogens with zero attached hydrogens (tertiary/aromatic N) is 2. The first kappa shape index (κ1) is 12.6. The van der Waals surface area contributed by atoms with Gasteiger partial charge in [0, 0.05) is 12.7 Å². The zero-order valence-electron chi connectivity index (χ0n) is 10.1. The monoisotopic (exact) mass is 221 g/mol. The van der Waals surface area contributed by atoms with Crippen molar-refractivity contribution >= 4 is 5.91 Å². The average molecular weight is 221 g/mol. The molecule has 1 atom stereocenters. The Morgan fingerprint density at radius 1 is 1.50 bits per heavy atom. The molecule has 0 aliphatic heterocycles. The van der Waals surface area contributed by atoms with Gasteiger partial charge in [0.15, 0.2) is 0 Å². The Hall–Kier alpha value is -1.42. The normalized spacial score (nSPS) is 14.8. The first-order valence-electron chi connectivity index (χ1n) is 5.39. The molecule has 0 saturated carbocycles. The summed E-state index contributed by atoms with van der Waals surface area (Å²) in [5, 5.41) is 0. The standard InChI is InChI=1S/C12H19N3O/c1-4-12(11(13)16,9-15(2)3)10-7-5-6-8-14-10/h5-8H,4,9H2,1-3H3,(H2,13,16). The van der Waals surface area contributed by atoms with Crippen LogP contribution in [0.3, 0.4) is 0 Å². The van der Waals surface area contributed by atoms with Gasteiger partial charge >= 0.3 is 0 Å². The topological polar surface area (TPSA) is 59.2 Å². The molecule has 1 aromatic rings. The van der Waals surface area contributed by atoms with Gasteiger partial charge < -0.3 is 10.6 Å². The lowest BCUT2D eigenvalue weighted by molar-refractivity contribution is -0.124. The van der Waals surface area contributed by atoms with Crippen LogP contribution in [0.2, 0.25) is 0 Å². The summed E-state index contributed by atoms with van der Waals surface area (Å²) in [5.74, 6) is -0.317. The second-order valence-corrected chi connectivity index (χ2v) is 4.25. The van der Waals surface area contributed by atoms with Crippen LogP contribution >= 0.6 is 0 Å². The SMILES string of the molecule is CCC(CN(C)C)(C(N)=O)c1ccccn1. The molecule has 1 rings (SSSR count). The number of aromatic nitrogens is 1. The van der Waals surface area contributed by atoms with Crippen molar-refractivity contribution in [3.8, 4) is 0 Å². The molecule has 0 bridgehead atoms. The van der Waals surface area contributed by atoms with Crippen molar-refractivity contribution in [3.05, 3.63) is 30.1 Å². The number of amides is 1. The zero-order chi connectivity index (χ0) is 12.2. The Morgan fingerprint density at radius 3 is 2.56 bits per heavy atom. The van der Waals surface area contributed by atoms with Gasteiger partial charge in [0.1, 0.15) is 5.41 Å². The Balaban J connectivity index is 3.18. The minimum Gasteiger partial charge on any atom is -0.369 e. The highest BCUT2D eigenvalue weighted by Gasteiger charge is 2.38. The number of nitrogens with two attached hydrogens (primary N) is 1. The second-order valence-electron chi connectivity index (χ2n) is 4.25. The molecule has 1 amide bonds. The molecule has 0 aliphatic rings. The zero-order valence-corrected chi connectivity index (χ0v) is 10.1. The lowest BCUT2D eigenvalue weighted by Gasteiger charge is -2.31. The second kappa shape index (κ2) is 5.07. The number of hydrogen-bond donors (Lipinski definition) is 1. The van der Waals surface area contributed by atoms with Gasteiger partial charge in [-0.15, -0.1) is 0 Å². The fourth-order valence-corrected chi connectivity index (χ4v) is 1.94. The van der Waals surface area contributed by atoms with E-state index in [1.165, 1.54) is 0 Å². The van der Waals surface area contributed by atoms with Crippen molar-refractivity contribution in [1.82, 2.24) is 9.88 Å². The Morgan fingerprint density at radius 2 is 2.19 bits per heavy atom. The van der Waals surface area contributed by atoms with E-state index in [-0.39, 0.29) is 5.91 Å². The largest absolute Gasteiger partial charge is 0.369 e. The third-order valence-corrected chi connectivity index (χ3v) is 2.82. The van der Waals surface area contributed by atoms with E-state index in [4.69, 9.17) is 5.73 Å². The van der Waals surface area contributed by atoms with Crippen LogP contribution < -0.4 is 5.73 Å². The van der Waals surface area contributed by atoms with E-state index in [2.05, 4.69) is 4.98 Å². The number of carbonyl (C=O) groups is 1. The number of rotatable bonds is 5. The molecule has 1 heterocycles. The maximum absolute atomic E-state index is 11.7. The van der Waals surface area contributed by atoms with Crippen LogP contribution in [-0.4, -0.2) is 36.4 Å². The number of carbonyl (C=O) groups excluding carboxylic acids is 1. The van der Waals surface area contributed by atoms with E-state index in [0.717, 1.165) is 5.69 Å². The summed E-state index contributed by atoms with van der Waals surface area (Å²) < 4.78 is 0. The summed E-state index contributed by atoms with van der Waals surface area (Å²) in [6.45, 7) is 2.54. The van der Waals surface area contributed by atoms with E-state index in [0.29, 0.717) is 13.0 Å². The molecule has 4 heteroatoms. The Labute approximate surface area is 96.5 Å². The molecular weight excluding hydrogens is 202 g/mol. The fourth-order valence-electron chi connectivity index (χ4n) is 1.94. The van der Waals surface area contributed by atoms with Crippen molar-refractivity contribution in [2.45, 2.75) is 18.8 Å². The number of pyridine rings is 1. The summed E-state index contributed by atoms with van der Waals surface area (Å²) in [5.41, 5.74) is 5.62. The highest BCUT2D eigenvalue weighted by molar-refractivity contribution is 5.86. The average Bonchev–Trinajstić information content (AvgIpc) is 2.26. The minimum absolute atomic E-state index is 0.317. The summed E-state index contributed by atoms with van der Waals surface area (Å²) in [7, 11) is 3.85. The van der Waals surface area contributed by atoms with Crippen LogP contribution in [0.25, 0.3) is 0 Å². The molecule has 0 aliphatic carbocycles. The maximum Gasteiger partial charge on any atom is 0.230 e. The van der Waals surface area contributed by atoms with Gasteiger partial charge in [0.2, 0.25) is 5.91 Å². The van der Waals surface area contributed by atoms with Crippen LogP contribution in [0.1, 0.15) is 19.0 Å². The van der Waals surface area contributed by atoms with Gasteiger partial charge in [-0.1, -0.05) is 13.0 Å². The quantitative estimate of drug-likeness (QED) is 0.799. The van der Waals surface area contributed by atoms with E-state index < -0.39 is 5.41 Å². The van der Waals surface area contributed by atoms with Crippen LogP contribution in [0.15, 0.2) is 24.4 Å². The fraction of sp³-hybridized carbons (Fsp3) is 0.500. The molecule has 88 valence electrons. The van der Waals surface area contributed by atoms with Crippen molar-refractivity contribution in [2.24, 2.45) is 5.73 Å². The molecular formula is C12H19N3O. The molecule has 1 aromatic heterocycles. The Kier molecular flexibility index (Phi) is 4.01. The van der Waals surface area contributed by atoms with Crippen LogP contribution in [-0.2, 0) is 10.2 Å². The lowest BCUT2D eigenvalue weighted by Crippen LogP contribution is -2.48. The third-order valence-electron chi connectivity index (χ3n) is 2.82. The highest BCUT2D eigenvalue weighted by Crippen LogP contribution is 2.26. The lowest BCUT2D eigenvalue weighted by atomic mass is 9.80. The van der Waals surface area contributed by atoms with Gasteiger partial charge in [-0.25, -0.2) is 0 Å². The van der Waals surface area contributed by atoms with Crippen molar-refractivity contribution < 1.29 is 4.79 Å². The van der Waals surface area contributed by atoms with Gasteiger partial charge in [-0.05, 0) is 32.6 Å².